The van der Waals surface area contributed by atoms with E-state index in [0.29, 0.717) is 10.0 Å². The smallest absolute Gasteiger partial charge is 0.0595 e. The van der Waals surface area contributed by atoms with E-state index in [1.807, 2.05) is 12.1 Å². The second kappa shape index (κ2) is 2.91. The van der Waals surface area contributed by atoms with Gasteiger partial charge in [0, 0.05) is 6.04 Å². The molecule has 0 saturated carbocycles. The molecule has 0 radical (unpaired) electrons. The first kappa shape index (κ1) is 8.36. The highest BCUT2D eigenvalue weighted by molar-refractivity contribution is 6.42. The van der Waals surface area contributed by atoms with Gasteiger partial charge in [0.25, 0.3) is 0 Å². The minimum Gasteiger partial charge on any atom is -0.324 e. The van der Waals surface area contributed by atoms with E-state index in [2.05, 4.69) is 0 Å². The van der Waals surface area contributed by atoms with Crippen LogP contribution in [-0.4, -0.2) is 0 Å². The van der Waals surface area contributed by atoms with Gasteiger partial charge in [-0.3, -0.25) is 0 Å². The molecule has 0 fully saturated rings. The van der Waals surface area contributed by atoms with Crippen LogP contribution in [0.5, 0.6) is 0 Å². The Morgan fingerprint density at radius 1 is 1.25 bits per heavy atom. The van der Waals surface area contributed by atoms with Crippen molar-refractivity contribution in [2.45, 2.75) is 18.9 Å². The Balaban J connectivity index is 2.56. The maximum absolute atomic E-state index is 5.87. The Morgan fingerprint density at radius 2 is 1.92 bits per heavy atom. The normalized spacial score (nSPS) is 21.1. The van der Waals surface area contributed by atoms with Crippen LogP contribution in [0.3, 0.4) is 0 Å². The molecular formula is C9H9Cl2N. The van der Waals surface area contributed by atoms with Gasteiger partial charge in [0.2, 0.25) is 0 Å². The van der Waals surface area contributed by atoms with Gasteiger partial charge in [-0.1, -0.05) is 23.2 Å². The van der Waals surface area contributed by atoms with Gasteiger partial charge in [-0.15, -0.1) is 0 Å². The van der Waals surface area contributed by atoms with Crippen molar-refractivity contribution in [1.29, 1.82) is 0 Å². The summed E-state index contributed by atoms with van der Waals surface area (Å²) in [6.07, 6.45) is 2.03. The minimum atomic E-state index is 0.148. The highest BCUT2D eigenvalue weighted by Crippen LogP contribution is 2.35. The van der Waals surface area contributed by atoms with Crippen LogP contribution >= 0.6 is 23.2 Å². The van der Waals surface area contributed by atoms with E-state index in [1.54, 1.807) is 0 Å². The Hall–Kier alpha value is -0.240. The molecule has 64 valence electrons. The zero-order chi connectivity index (χ0) is 8.72. The Kier molecular flexibility index (Phi) is 2.03. The first-order chi connectivity index (χ1) is 5.68. The number of halogens is 2. The number of fused-ring (bicyclic) bond motifs is 1. The van der Waals surface area contributed by atoms with Crippen LogP contribution in [0.2, 0.25) is 10.0 Å². The summed E-state index contributed by atoms with van der Waals surface area (Å²) < 4.78 is 0. The van der Waals surface area contributed by atoms with Crippen LogP contribution in [0, 0.1) is 0 Å². The molecule has 1 aromatic carbocycles. The van der Waals surface area contributed by atoms with Gasteiger partial charge in [0.15, 0.2) is 0 Å². The lowest BCUT2D eigenvalue weighted by Gasteiger charge is -2.05. The van der Waals surface area contributed by atoms with E-state index in [1.165, 1.54) is 5.56 Å². The molecule has 0 heterocycles. The molecular weight excluding hydrogens is 193 g/mol. The molecule has 2 rings (SSSR count). The fraction of sp³-hybridized carbons (Fsp3) is 0.333. The molecule has 1 aliphatic carbocycles. The fourth-order valence-corrected chi connectivity index (χ4v) is 1.99. The number of aryl methyl sites for hydroxylation is 1. The van der Waals surface area contributed by atoms with Crippen molar-refractivity contribution >= 4 is 23.2 Å². The zero-order valence-electron chi connectivity index (χ0n) is 6.48. The molecule has 1 nitrogen and oxygen atoms in total. The highest BCUT2D eigenvalue weighted by Gasteiger charge is 2.20. The lowest BCUT2D eigenvalue weighted by molar-refractivity contribution is 0.713. The van der Waals surface area contributed by atoms with Crippen molar-refractivity contribution in [2.24, 2.45) is 5.73 Å². The number of rotatable bonds is 0. The number of benzene rings is 1. The van der Waals surface area contributed by atoms with Gasteiger partial charge >= 0.3 is 0 Å². The lowest BCUT2D eigenvalue weighted by Crippen LogP contribution is -2.04. The number of hydrogen-bond donors (Lipinski definition) is 1. The van der Waals surface area contributed by atoms with Gasteiger partial charge in [-0.05, 0) is 36.1 Å². The molecule has 0 bridgehead atoms. The van der Waals surface area contributed by atoms with Crippen molar-refractivity contribution in [3.63, 3.8) is 0 Å². The zero-order valence-corrected chi connectivity index (χ0v) is 7.99. The maximum Gasteiger partial charge on any atom is 0.0595 e. The third kappa shape index (κ3) is 1.22. The standard InChI is InChI=1S/C9H9Cl2N/c10-7-3-5-1-2-9(12)6(5)4-8(7)11/h3-4,9H,1-2,12H2/t9-/m1/s1. The molecule has 1 aliphatic rings. The Bertz CT molecular complexity index is 323. The first-order valence-corrected chi connectivity index (χ1v) is 4.67. The molecule has 0 aliphatic heterocycles. The predicted molar refractivity (Wildman–Crippen MR) is 51.7 cm³/mol. The summed E-state index contributed by atoms with van der Waals surface area (Å²) in [7, 11) is 0. The van der Waals surface area contributed by atoms with Gasteiger partial charge in [-0.2, -0.15) is 0 Å². The van der Waals surface area contributed by atoms with Gasteiger partial charge in [-0.25, -0.2) is 0 Å². The minimum absolute atomic E-state index is 0.148. The van der Waals surface area contributed by atoms with Crippen LogP contribution in [0.1, 0.15) is 23.6 Å². The van der Waals surface area contributed by atoms with Crippen molar-refractivity contribution in [3.05, 3.63) is 33.3 Å². The summed E-state index contributed by atoms with van der Waals surface area (Å²) in [6.45, 7) is 0. The van der Waals surface area contributed by atoms with Crippen LogP contribution in [0.4, 0.5) is 0 Å². The van der Waals surface area contributed by atoms with Crippen molar-refractivity contribution < 1.29 is 0 Å². The topological polar surface area (TPSA) is 26.0 Å². The van der Waals surface area contributed by atoms with E-state index in [9.17, 15) is 0 Å². The fourth-order valence-electron chi connectivity index (χ4n) is 1.63. The summed E-state index contributed by atoms with van der Waals surface area (Å²) in [5.41, 5.74) is 8.27. The predicted octanol–water partition coefficient (Wildman–Crippen LogP) is 2.94. The van der Waals surface area contributed by atoms with E-state index in [0.717, 1.165) is 18.4 Å². The van der Waals surface area contributed by atoms with E-state index < -0.39 is 0 Å². The molecule has 0 amide bonds. The summed E-state index contributed by atoms with van der Waals surface area (Å²) in [5, 5.41) is 1.23. The average molecular weight is 202 g/mol. The third-order valence-corrected chi connectivity index (χ3v) is 3.03. The second-order valence-electron chi connectivity index (χ2n) is 3.11. The Labute approximate surface area is 81.5 Å². The van der Waals surface area contributed by atoms with E-state index >= 15 is 0 Å². The maximum atomic E-state index is 5.87. The average Bonchev–Trinajstić information content (AvgIpc) is 2.35. The quantitative estimate of drug-likeness (QED) is 0.687. The summed E-state index contributed by atoms with van der Waals surface area (Å²) in [4.78, 5) is 0. The molecule has 12 heavy (non-hydrogen) atoms. The molecule has 0 unspecified atom stereocenters. The van der Waals surface area contributed by atoms with Crippen molar-refractivity contribution in [1.82, 2.24) is 0 Å². The third-order valence-electron chi connectivity index (χ3n) is 2.31. The monoisotopic (exact) mass is 201 g/mol. The molecule has 2 N–H and O–H groups in total. The molecule has 0 aromatic heterocycles. The van der Waals surface area contributed by atoms with Crippen molar-refractivity contribution in [2.75, 3.05) is 0 Å². The SMILES string of the molecule is N[C@@H]1CCc2cc(Cl)c(Cl)cc21. The molecule has 3 heteroatoms. The van der Waals surface area contributed by atoms with Gasteiger partial charge < -0.3 is 5.73 Å². The van der Waals surface area contributed by atoms with Crippen molar-refractivity contribution in [3.8, 4) is 0 Å². The van der Waals surface area contributed by atoms with Crippen LogP contribution in [-0.2, 0) is 6.42 Å². The van der Waals surface area contributed by atoms with Crippen LogP contribution < -0.4 is 5.73 Å². The van der Waals surface area contributed by atoms with E-state index in [4.69, 9.17) is 28.9 Å². The molecule has 1 aromatic rings. The van der Waals surface area contributed by atoms with E-state index in [-0.39, 0.29) is 6.04 Å². The first-order valence-electron chi connectivity index (χ1n) is 3.92. The van der Waals surface area contributed by atoms with Gasteiger partial charge in [0.05, 0.1) is 10.0 Å². The molecule has 0 spiro atoms. The van der Waals surface area contributed by atoms with Crippen LogP contribution in [0.15, 0.2) is 12.1 Å². The number of nitrogens with two attached hydrogens (primary N) is 1. The van der Waals surface area contributed by atoms with Gasteiger partial charge in [0.1, 0.15) is 0 Å². The second-order valence-corrected chi connectivity index (χ2v) is 3.92. The Morgan fingerprint density at radius 3 is 2.67 bits per heavy atom. The largest absolute Gasteiger partial charge is 0.324 e. The summed E-state index contributed by atoms with van der Waals surface area (Å²) in [5.74, 6) is 0. The van der Waals surface area contributed by atoms with Crippen LogP contribution in [0.25, 0.3) is 0 Å². The summed E-state index contributed by atoms with van der Waals surface area (Å²) in [6, 6.07) is 3.96. The number of hydrogen-bond acceptors (Lipinski definition) is 1. The molecule has 1 atom stereocenters. The highest BCUT2D eigenvalue weighted by atomic mass is 35.5. The lowest BCUT2D eigenvalue weighted by atomic mass is 10.1. The summed E-state index contributed by atoms with van der Waals surface area (Å²) >= 11 is 11.7. The molecule has 0 saturated heterocycles.